The smallest absolute Gasteiger partial charge is 0.0664 e. The van der Waals surface area contributed by atoms with Crippen LogP contribution in [-0.2, 0) is 0 Å². The molecule has 0 spiro atoms. The van der Waals surface area contributed by atoms with Gasteiger partial charge in [-0.3, -0.25) is 0 Å². The Bertz CT molecular complexity index is 88.5. The Morgan fingerprint density at radius 2 is 1.44 bits per heavy atom. The predicted octanol–water partition coefficient (Wildman–Crippen LogP) is 2.60. The minimum atomic E-state index is 0.158. The van der Waals surface area contributed by atoms with Crippen molar-refractivity contribution in [1.82, 2.24) is 0 Å². The third kappa shape index (κ3) is 5.00. The Morgan fingerprint density at radius 3 is 1.67 bits per heavy atom. The minimum absolute atomic E-state index is 0.158. The highest BCUT2D eigenvalue weighted by Crippen LogP contribution is 2.24. The molecule has 0 saturated carbocycles. The van der Waals surface area contributed by atoms with E-state index in [-0.39, 0.29) is 9.16 Å². The fourth-order valence-electron chi connectivity index (χ4n) is 0.254. The van der Waals surface area contributed by atoms with Gasteiger partial charge in [-0.05, 0) is 0 Å². The molecule has 0 heterocycles. The Labute approximate surface area is 71.6 Å². The van der Waals surface area contributed by atoms with Gasteiger partial charge in [0, 0.05) is 0 Å². The normalized spacial score (nSPS) is 16.2. The van der Waals surface area contributed by atoms with Crippen molar-refractivity contribution in [2.45, 2.75) is 9.16 Å². The molecule has 0 N–H and O–H groups in total. The molecular weight excluding hydrogens is 168 g/mol. The van der Waals surface area contributed by atoms with E-state index >= 15 is 0 Å². The number of hydrogen-bond donors (Lipinski definition) is 2. The van der Waals surface area contributed by atoms with Crippen molar-refractivity contribution in [3.05, 3.63) is 25.3 Å². The maximum absolute atomic E-state index is 4.17. The van der Waals surface area contributed by atoms with E-state index in [2.05, 4.69) is 38.4 Å². The molecule has 0 aliphatic heterocycles. The second kappa shape index (κ2) is 5.33. The summed E-state index contributed by atoms with van der Waals surface area (Å²) in [7, 11) is 0. The summed E-state index contributed by atoms with van der Waals surface area (Å²) in [6.45, 7) is 7.16. The number of thiol groups is 2. The van der Waals surface area contributed by atoms with Gasteiger partial charge in [-0.25, -0.2) is 0 Å². The first-order chi connectivity index (χ1) is 4.20. The number of rotatable bonds is 4. The largest absolute Gasteiger partial charge is 0.161 e. The first-order valence-corrected chi connectivity index (χ1v) is 4.45. The molecule has 0 saturated heterocycles. The van der Waals surface area contributed by atoms with Crippen LogP contribution in [0.15, 0.2) is 25.3 Å². The quantitative estimate of drug-likeness (QED) is 0.379. The van der Waals surface area contributed by atoms with Crippen LogP contribution in [0.25, 0.3) is 0 Å². The van der Waals surface area contributed by atoms with Crippen molar-refractivity contribution in [2.75, 3.05) is 0 Å². The van der Waals surface area contributed by atoms with E-state index in [1.165, 1.54) is 0 Å². The van der Waals surface area contributed by atoms with Crippen LogP contribution in [-0.4, -0.2) is 9.16 Å². The van der Waals surface area contributed by atoms with Crippen molar-refractivity contribution in [2.24, 2.45) is 0 Å². The van der Waals surface area contributed by atoms with Gasteiger partial charge in [0.25, 0.3) is 0 Å². The van der Waals surface area contributed by atoms with Crippen LogP contribution in [0.1, 0.15) is 0 Å². The summed E-state index contributed by atoms with van der Waals surface area (Å²) in [5, 5.41) is 0. The highest BCUT2D eigenvalue weighted by atomic mass is 32.2. The molecule has 2 unspecified atom stereocenters. The average molecular weight is 178 g/mol. The highest BCUT2D eigenvalue weighted by Gasteiger charge is 2.01. The maximum atomic E-state index is 4.17. The molecule has 0 amide bonds. The van der Waals surface area contributed by atoms with Crippen molar-refractivity contribution in [1.29, 1.82) is 0 Å². The molecule has 0 aromatic rings. The lowest BCUT2D eigenvalue weighted by Gasteiger charge is -2.06. The van der Waals surface area contributed by atoms with E-state index in [0.29, 0.717) is 0 Å². The van der Waals surface area contributed by atoms with E-state index in [1.807, 2.05) is 0 Å². The van der Waals surface area contributed by atoms with E-state index < -0.39 is 0 Å². The first kappa shape index (κ1) is 9.53. The first-order valence-electron chi connectivity index (χ1n) is 2.47. The van der Waals surface area contributed by atoms with Gasteiger partial charge >= 0.3 is 0 Å². The van der Waals surface area contributed by atoms with Crippen molar-refractivity contribution in [3.8, 4) is 0 Å². The summed E-state index contributed by atoms with van der Waals surface area (Å²) in [4.78, 5) is 0. The van der Waals surface area contributed by atoms with Crippen LogP contribution in [0.2, 0.25) is 0 Å². The zero-order valence-corrected chi connectivity index (χ0v) is 7.63. The third-order valence-electron chi connectivity index (χ3n) is 0.682. The van der Waals surface area contributed by atoms with Gasteiger partial charge in [-0.15, -0.1) is 24.9 Å². The Morgan fingerprint density at radius 1 is 1.11 bits per heavy atom. The monoisotopic (exact) mass is 178 g/mol. The summed E-state index contributed by atoms with van der Waals surface area (Å²) >= 11 is 9.93. The van der Waals surface area contributed by atoms with Crippen molar-refractivity contribution >= 4 is 37.0 Å². The third-order valence-corrected chi connectivity index (χ3v) is 2.78. The molecule has 0 radical (unpaired) electrons. The zero-order chi connectivity index (χ0) is 7.28. The van der Waals surface area contributed by atoms with Crippen molar-refractivity contribution < 1.29 is 0 Å². The van der Waals surface area contributed by atoms with E-state index in [0.717, 1.165) is 0 Å². The molecule has 0 aromatic carbocycles. The van der Waals surface area contributed by atoms with Gasteiger partial charge in [-0.1, -0.05) is 12.2 Å². The molecule has 52 valence electrons. The summed E-state index contributed by atoms with van der Waals surface area (Å²) < 4.78 is 0.316. The van der Waals surface area contributed by atoms with Gasteiger partial charge in [-0.2, -0.15) is 25.3 Å². The molecule has 0 aromatic heterocycles. The van der Waals surface area contributed by atoms with E-state index in [9.17, 15) is 0 Å². The topological polar surface area (TPSA) is 0 Å². The maximum Gasteiger partial charge on any atom is 0.0664 e. The van der Waals surface area contributed by atoms with Gasteiger partial charge in [0.05, 0.1) is 9.16 Å². The van der Waals surface area contributed by atoms with E-state index in [1.54, 1.807) is 23.9 Å². The SMILES string of the molecule is C=CC(S)SC(S)C=C. The van der Waals surface area contributed by atoms with Gasteiger partial charge < -0.3 is 0 Å². The average Bonchev–Trinajstić information content (AvgIpc) is 1.87. The van der Waals surface area contributed by atoms with Crippen LogP contribution >= 0.6 is 37.0 Å². The highest BCUT2D eigenvalue weighted by molar-refractivity contribution is 8.17. The lowest BCUT2D eigenvalue weighted by Crippen LogP contribution is -1.92. The molecule has 0 aliphatic rings. The minimum Gasteiger partial charge on any atom is -0.161 e. The van der Waals surface area contributed by atoms with Crippen LogP contribution in [0, 0.1) is 0 Å². The summed E-state index contributed by atoms with van der Waals surface area (Å²) in [5.41, 5.74) is 0. The summed E-state index contributed by atoms with van der Waals surface area (Å²) in [6, 6.07) is 0. The zero-order valence-electron chi connectivity index (χ0n) is 5.03. The molecular formula is C6H10S3. The number of thioether (sulfide) groups is 1. The second-order valence-corrected chi connectivity index (χ2v) is 4.49. The molecule has 9 heavy (non-hydrogen) atoms. The van der Waals surface area contributed by atoms with Crippen LogP contribution in [0.4, 0.5) is 0 Å². The van der Waals surface area contributed by atoms with Crippen LogP contribution in [0.3, 0.4) is 0 Å². The lowest BCUT2D eigenvalue weighted by atomic mass is 10.7. The Hall–Kier alpha value is 0.530. The standard InChI is InChI=1S/C6H10S3/c1-3-5(7)9-6(8)4-2/h3-8H,1-2H2. The fraction of sp³-hybridized carbons (Fsp3) is 0.333. The number of hydrogen-bond acceptors (Lipinski definition) is 3. The fourth-order valence-corrected chi connectivity index (χ4v) is 1.84. The predicted molar refractivity (Wildman–Crippen MR) is 53.5 cm³/mol. The Kier molecular flexibility index (Phi) is 5.64. The van der Waals surface area contributed by atoms with Crippen LogP contribution in [0.5, 0.6) is 0 Å². The van der Waals surface area contributed by atoms with Gasteiger partial charge in [0.1, 0.15) is 0 Å². The second-order valence-electron chi connectivity index (χ2n) is 1.39. The van der Waals surface area contributed by atoms with Gasteiger partial charge in [0.15, 0.2) is 0 Å². The molecule has 3 heteroatoms. The molecule has 0 nitrogen and oxygen atoms in total. The molecule has 2 atom stereocenters. The Balaban J connectivity index is 3.45. The molecule has 0 bridgehead atoms. The molecule has 0 rings (SSSR count). The molecule has 0 fully saturated rings. The van der Waals surface area contributed by atoms with Crippen LogP contribution < -0.4 is 0 Å². The van der Waals surface area contributed by atoms with Crippen molar-refractivity contribution in [3.63, 3.8) is 0 Å². The summed E-state index contributed by atoms with van der Waals surface area (Å²) in [6.07, 6.45) is 3.53. The lowest BCUT2D eigenvalue weighted by molar-refractivity contribution is 1.62. The van der Waals surface area contributed by atoms with Gasteiger partial charge in [0.2, 0.25) is 0 Å². The summed E-state index contributed by atoms with van der Waals surface area (Å²) in [5.74, 6) is 0. The van der Waals surface area contributed by atoms with E-state index in [4.69, 9.17) is 0 Å². The molecule has 0 aliphatic carbocycles.